The van der Waals surface area contributed by atoms with E-state index in [0.29, 0.717) is 7.99 Å². The third-order valence-electron chi connectivity index (χ3n) is 1.94. The standard InChI is InChI=1S/C8H12S5/c1-2-6-4-10-8(12-6)11-5-7(3-9)13-8/h2,6-7,9H,1,3-5H2. The van der Waals surface area contributed by atoms with E-state index < -0.39 is 0 Å². The van der Waals surface area contributed by atoms with Crippen molar-refractivity contribution < 1.29 is 0 Å². The molecule has 0 aromatic rings. The van der Waals surface area contributed by atoms with Gasteiger partial charge in [0, 0.05) is 27.8 Å². The monoisotopic (exact) mass is 268 g/mol. The first-order chi connectivity index (χ1) is 6.28. The van der Waals surface area contributed by atoms with Crippen LogP contribution in [0.15, 0.2) is 12.7 Å². The molecular formula is C8H12S5. The van der Waals surface area contributed by atoms with Crippen LogP contribution in [0.4, 0.5) is 0 Å². The van der Waals surface area contributed by atoms with Gasteiger partial charge < -0.3 is 0 Å². The molecule has 2 saturated heterocycles. The van der Waals surface area contributed by atoms with Crippen molar-refractivity contribution in [3.8, 4) is 0 Å². The van der Waals surface area contributed by atoms with E-state index in [9.17, 15) is 0 Å². The summed E-state index contributed by atoms with van der Waals surface area (Å²) in [6.45, 7) is 3.87. The quantitative estimate of drug-likeness (QED) is 0.602. The van der Waals surface area contributed by atoms with Gasteiger partial charge in [0.15, 0.2) is 2.74 Å². The van der Waals surface area contributed by atoms with Crippen LogP contribution in [0, 0.1) is 0 Å². The molecule has 1 spiro atoms. The molecule has 0 aromatic carbocycles. The molecule has 13 heavy (non-hydrogen) atoms. The normalized spacial score (nSPS) is 44.4. The third kappa shape index (κ3) is 2.36. The average Bonchev–Trinajstić information content (AvgIpc) is 2.74. The maximum atomic E-state index is 4.36. The average molecular weight is 269 g/mol. The summed E-state index contributed by atoms with van der Waals surface area (Å²) in [5.74, 6) is 3.50. The van der Waals surface area contributed by atoms with E-state index in [1.807, 2.05) is 0 Å². The summed E-state index contributed by atoms with van der Waals surface area (Å²) in [5, 5.41) is 1.40. The zero-order valence-electron chi connectivity index (χ0n) is 7.14. The third-order valence-corrected chi connectivity index (χ3v) is 10.6. The van der Waals surface area contributed by atoms with Gasteiger partial charge in [0.2, 0.25) is 0 Å². The lowest BCUT2D eigenvalue weighted by Crippen LogP contribution is -2.05. The molecule has 74 valence electrons. The van der Waals surface area contributed by atoms with Gasteiger partial charge in [0.1, 0.15) is 0 Å². The molecule has 0 saturated carbocycles. The minimum absolute atomic E-state index is 0.381. The van der Waals surface area contributed by atoms with Gasteiger partial charge in [0.05, 0.1) is 0 Å². The molecule has 2 aliphatic heterocycles. The zero-order valence-corrected chi connectivity index (χ0v) is 11.3. The van der Waals surface area contributed by atoms with Gasteiger partial charge in [0.25, 0.3) is 0 Å². The summed E-state index contributed by atoms with van der Waals surface area (Å²) in [5.41, 5.74) is 0. The molecule has 3 unspecified atom stereocenters. The second-order valence-corrected chi connectivity index (χ2v) is 10.3. The molecule has 5 heteroatoms. The Morgan fingerprint density at radius 1 is 1.38 bits per heavy atom. The second-order valence-electron chi connectivity index (χ2n) is 2.94. The fraction of sp³-hybridized carbons (Fsp3) is 0.750. The summed E-state index contributed by atoms with van der Waals surface area (Å²) >= 11 is 12.7. The van der Waals surface area contributed by atoms with Gasteiger partial charge in [-0.25, -0.2) is 0 Å². The van der Waals surface area contributed by atoms with Crippen LogP contribution < -0.4 is 0 Å². The van der Waals surface area contributed by atoms with E-state index in [1.54, 1.807) is 0 Å². The summed E-state index contributed by atoms with van der Waals surface area (Å²) in [6.07, 6.45) is 2.08. The smallest absolute Gasteiger partial charge is 0.154 e. The molecule has 0 nitrogen and oxygen atoms in total. The maximum Gasteiger partial charge on any atom is 0.154 e. The van der Waals surface area contributed by atoms with Crippen LogP contribution >= 0.6 is 59.7 Å². The fourth-order valence-electron chi connectivity index (χ4n) is 1.25. The summed E-state index contributed by atoms with van der Waals surface area (Å²) in [4.78, 5) is 0. The Balaban J connectivity index is 1.96. The highest BCUT2D eigenvalue weighted by atomic mass is 32.3. The Kier molecular flexibility index (Phi) is 3.85. The Hall–Kier alpha value is 1.49. The zero-order chi connectivity index (χ0) is 9.31. The lowest BCUT2D eigenvalue weighted by atomic mass is 10.5. The van der Waals surface area contributed by atoms with Crippen molar-refractivity contribution in [2.45, 2.75) is 13.2 Å². The Morgan fingerprint density at radius 2 is 2.15 bits per heavy atom. The lowest BCUT2D eigenvalue weighted by molar-refractivity contribution is 1.17. The molecule has 2 fully saturated rings. The van der Waals surface area contributed by atoms with E-state index in [2.05, 4.69) is 72.3 Å². The van der Waals surface area contributed by atoms with Crippen molar-refractivity contribution in [2.24, 2.45) is 0 Å². The molecule has 2 heterocycles. The number of thioether (sulfide) groups is 4. The topological polar surface area (TPSA) is 0 Å². The van der Waals surface area contributed by atoms with Crippen LogP contribution in [0.25, 0.3) is 0 Å². The Labute approximate surface area is 102 Å². The number of thiol groups is 1. The largest absolute Gasteiger partial charge is 0.178 e. The predicted octanol–water partition coefficient (Wildman–Crippen LogP) is 3.41. The number of hydrogen-bond acceptors (Lipinski definition) is 5. The predicted molar refractivity (Wildman–Crippen MR) is 74.5 cm³/mol. The first-order valence-electron chi connectivity index (χ1n) is 4.15. The van der Waals surface area contributed by atoms with Crippen molar-refractivity contribution in [1.82, 2.24) is 0 Å². The number of rotatable bonds is 2. The van der Waals surface area contributed by atoms with Gasteiger partial charge in [-0.1, -0.05) is 6.08 Å². The van der Waals surface area contributed by atoms with Gasteiger partial charge in [-0.2, -0.15) is 12.6 Å². The number of hydrogen-bond donors (Lipinski definition) is 1. The molecule has 0 aliphatic carbocycles. The molecular weight excluding hydrogens is 256 g/mol. The summed E-state index contributed by atoms with van der Waals surface area (Å²) in [7, 11) is 0. The van der Waals surface area contributed by atoms with Crippen molar-refractivity contribution in [3.05, 3.63) is 12.7 Å². The van der Waals surface area contributed by atoms with Gasteiger partial charge >= 0.3 is 0 Å². The van der Waals surface area contributed by atoms with Crippen LogP contribution in [-0.2, 0) is 0 Å². The van der Waals surface area contributed by atoms with Crippen LogP contribution in [-0.4, -0.2) is 30.5 Å². The van der Waals surface area contributed by atoms with Crippen LogP contribution in [0.5, 0.6) is 0 Å². The minimum atomic E-state index is 0.381. The molecule has 0 aromatic heterocycles. The second kappa shape index (κ2) is 4.56. The highest BCUT2D eigenvalue weighted by molar-refractivity contribution is 8.50. The van der Waals surface area contributed by atoms with Crippen LogP contribution in [0.1, 0.15) is 0 Å². The molecule has 2 aliphatic rings. The van der Waals surface area contributed by atoms with Crippen LogP contribution in [0.3, 0.4) is 0 Å². The summed E-state index contributed by atoms with van der Waals surface area (Å²) in [6, 6.07) is 0. The molecule has 0 radical (unpaired) electrons. The highest BCUT2D eigenvalue weighted by Crippen LogP contribution is 2.66. The van der Waals surface area contributed by atoms with Gasteiger partial charge in [-0.15, -0.1) is 53.6 Å². The Morgan fingerprint density at radius 3 is 2.69 bits per heavy atom. The van der Waals surface area contributed by atoms with E-state index in [-0.39, 0.29) is 0 Å². The van der Waals surface area contributed by atoms with Crippen molar-refractivity contribution in [1.29, 1.82) is 0 Å². The van der Waals surface area contributed by atoms with Crippen molar-refractivity contribution >= 4 is 59.7 Å². The maximum absolute atomic E-state index is 4.36. The molecule has 3 atom stereocenters. The lowest BCUT2D eigenvalue weighted by Gasteiger charge is -2.19. The van der Waals surface area contributed by atoms with Crippen molar-refractivity contribution in [3.63, 3.8) is 0 Å². The summed E-state index contributed by atoms with van der Waals surface area (Å²) < 4.78 is 0.381. The van der Waals surface area contributed by atoms with Gasteiger partial charge in [-0.3, -0.25) is 0 Å². The molecule has 0 amide bonds. The minimum Gasteiger partial charge on any atom is -0.178 e. The molecule has 2 rings (SSSR count). The van der Waals surface area contributed by atoms with E-state index >= 15 is 0 Å². The fourth-order valence-corrected chi connectivity index (χ4v) is 9.90. The van der Waals surface area contributed by atoms with Crippen LogP contribution in [0.2, 0.25) is 0 Å². The Bertz CT molecular complexity index is 207. The first-order valence-corrected chi connectivity index (χ1v) is 8.51. The van der Waals surface area contributed by atoms with E-state index in [1.165, 1.54) is 11.5 Å². The highest BCUT2D eigenvalue weighted by Gasteiger charge is 2.46. The van der Waals surface area contributed by atoms with E-state index in [0.717, 1.165) is 11.0 Å². The first kappa shape index (κ1) is 11.0. The van der Waals surface area contributed by atoms with E-state index in [4.69, 9.17) is 0 Å². The van der Waals surface area contributed by atoms with Crippen molar-refractivity contribution in [2.75, 3.05) is 17.3 Å². The molecule has 0 bridgehead atoms. The molecule has 0 N–H and O–H groups in total. The van der Waals surface area contributed by atoms with Gasteiger partial charge in [-0.05, 0) is 0 Å². The SMILES string of the molecule is C=CC1CSC2(SCC(CS)S2)S1.